The molecule has 0 aliphatic carbocycles. The first-order valence-electron chi connectivity index (χ1n) is 8.03. The number of hydrogen-bond donors (Lipinski definition) is 1. The molecule has 1 aliphatic heterocycles. The van der Waals surface area contributed by atoms with Crippen LogP contribution < -0.4 is 5.32 Å². The fourth-order valence-electron chi connectivity index (χ4n) is 2.92. The molecule has 24 heavy (non-hydrogen) atoms. The Labute approximate surface area is 140 Å². The summed E-state index contributed by atoms with van der Waals surface area (Å²) >= 11 is 0. The second kappa shape index (κ2) is 7.25. The van der Waals surface area contributed by atoms with Gasteiger partial charge in [-0.15, -0.1) is 0 Å². The Bertz CT molecular complexity index is 733. The van der Waals surface area contributed by atoms with E-state index in [0.717, 1.165) is 12.0 Å². The van der Waals surface area contributed by atoms with Crippen LogP contribution in [0.3, 0.4) is 0 Å². The van der Waals surface area contributed by atoms with E-state index in [1.165, 1.54) is 12.1 Å². The van der Waals surface area contributed by atoms with Gasteiger partial charge in [0.2, 0.25) is 5.91 Å². The summed E-state index contributed by atoms with van der Waals surface area (Å²) in [6, 6.07) is 14.9. The van der Waals surface area contributed by atoms with Crippen molar-refractivity contribution in [3.05, 3.63) is 71.5 Å². The second-order valence-corrected chi connectivity index (χ2v) is 5.86. The van der Waals surface area contributed by atoms with Gasteiger partial charge in [0.1, 0.15) is 5.82 Å². The van der Waals surface area contributed by atoms with Gasteiger partial charge in [0.05, 0.1) is 11.6 Å². The Morgan fingerprint density at radius 1 is 1.12 bits per heavy atom. The highest BCUT2D eigenvalue weighted by Crippen LogP contribution is 2.19. The maximum absolute atomic E-state index is 13.8. The van der Waals surface area contributed by atoms with E-state index >= 15 is 0 Å². The summed E-state index contributed by atoms with van der Waals surface area (Å²) < 4.78 is 13.8. The van der Waals surface area contributed by atoms with Crippen molar-refractivity contribution in [3.63, 3.8) is 0 Å². The molecule has 2 aromatic rings. The van der Waals surface area contributed by atoms with Crippen LogP contribution in [-0.2, 0) is 4.79 Å². The maximum atomic E-state index is 13.8. The van der Waals surface area contributed by atoms with Gasteiger partial charge < -0.3 is 10.2 Å². The zero-order valence-corrected chi connectivity index (χ0v) is 13.2. The lowest BCUT2D eigenvalue weighted by Crippen LogP contribution is -2.38. The van der Waals surface area contributed by atoms with E-state index in [4.69, 9.17) is 0 Å². The van der Waals surface area contributed by atoms with Gasteiger partial charge in [-0.3, -0.25) is 9.59 Å². The predicted molar refractivity (Wildman–Crippen MR) is 88.9 cm³/mol. The molecule has 1 N–H and O–H groups in total. The monoisotopic (exact) mass is 326 g/mol. The molecule has 124 valence electrons. The number of carbonyl (C=O) groups excluding carboxylic acids is 2. The third-order valence-electron chi connectivity index (χ3n) is 4.20. The number of nitrogens with one attached hydrogen (secondary N) is 1. The summed E-state index contributed by atoms with van der Waals surface area (Å²) in [6.07, 6.45) is 1.38. The summed E-state index contributed by atoms with van der Waals surface area (Å²) in [6.45, 7) is 1.08. The molecule has 1 heterocycles. The Morgan fingerprint density at radius 3 is 2.50 bits per heavy atom. The maximum Gasteiger partial charge on any atom is 0.254 e. The molecule has 1 atom stereocenters. The minimum Gasteiger partial charge on any atom is -0.343 e. The normalized spacial score (nSPS) is 15.4. The van der Waals surface area contributed by atoms with Gasteiger partial charge in [-0.2, -0.15) is 0 Å². The Morgan fingerprint density at radius 2 is 1.83 bits per heavy atom. The number of hydrogen-bond acceptors (Lipinski definition) is 2. The van der Waals surface area contributed by atoms with Gasteiger partial charge >= 0.3 is 0 Å². The van der Waals surface area contributed by atoms with Crippen LogP contribution in [0, 0.1) is 5.82 Å². The van der Waals surface area contributed by atoms with Gasteiger partial charge in [-0.05, 0) is 24.1 Å². The first-order valence-corrected chi connectivity index (χ1v) is 8.03. The third-order valence-corrected chi connectivity index (χ3v) is 4.20. The summed E-state index contributed by atoms with van der Waals surface area (Å²) in [7, 11) is 0. The van der Waals surface area contributed by atoms with Crippen molar-refractivity contribution in [1.82, 2.24) is 10.2 Å². The molecular weight excluding hydrogens is 307 g/mol. The number of rotatable bonds is 5. The quantitative estimate of drug-likeness (QED) is 0.918. The average Bonchev–Trinajstić information content (AvgIpc) is 3.00. The van der Waals surface area contributed by atoms with E-state index < -0.39 is 11.7 Å². The van der Waals surface area contributed by atoms with Crippen molar-refractivity contribution < 1.29 is 14.0 Å². The summed E-state index contributed by atoms with van der Waals surface area (Å²) in [5, 5.41) is 2.87. The van der Waals surface area contributed by atoms with E-state index in [2.05, 4.69) is 5.32 Å². The van der Waals surface area contributed by atoms with E-state index in [1.54, 1.807) is 17.0 Å². The lowest BCUT2D eigenvalue weighted by molar-refractivity contribution is -0.128. The van der Waals surface area contributed by atoms with Crippen molar-refractivity contribution in [2.75, 3.05) is 13.1 Å². The minimum atomic E-state index is -0.556. The first kappa shape index (κ1) is 16.2. The molecule has 3 rings (SSSR count). The molecule has 0 saturated carbocycles. The Balaban J connectivity index is 1.81. The minimum absolute atomic E-state index is 0.00572. The molecule has 0 radical (unpaired) electrons. The largest absolute Gasteiger partial charge is 0.343 e. The zero-order valence-electron chi connectivity index (χ0n) is 13.2. The number of amides is 2. The summed E-state index contributed by atoms with van der Waals surface area (Å²) in [5.41, 5.74) is 0.896. The molecular formula is C19H19FN2O2. The molecule has 0 aromatic heterocycles. The van der Waals surface area contributed by atoms with Gasteiger partial charge in [0, 0.05) is 19.5 Å². The highest BCUT2D eigenvalue weighted by atomic mass is 19.1. The number of likely N-dealkylation sites (tertiary alicyclic amines) is 1. The van der Waals surface area contributed by atoms with Crippen molar-refractivity contribution in [1.29, 1.82) is 0 Å². The van der Waals surface area contributed by atoms with E-state index in [9.17, 15) is 14.0 Å². The van der Waals surface area contributed by atoms with E-state index in [1.807, 2.05) is 30.3 Å². The predicted octanol–water partition coefficient (Wildman–Crippen LogP) is 2.92. The van der Waals surface area contributed by atoms with Crippen molar-refractivity contribution in [2.45, 2.75) is 18.9 Å². The number of carbonyl (C=O) groups is 2. The second-order valence-electron chi connectivity index (χ2n) is 5.86. The SMILES string of the molecule is O=C(N[C@@H](CN1CCCC1=O)c1ccccc1)c1ccccc1F. The summed E-state index contributed by atoms with van der Waals surface area (Å²) in [4.78, 5) is 26.1. The highest BCUT2D eigenvalue weighted by molar-refractivity contribution is 5.94. The molecule has 1 fully saturated rings. The van der Waals surface area contributed by atoms with Crippen LogP contribution in [0.2, 0.25) is 0 Å². The molecule has 2 amide bonds. The van der Waals surface area contributed by atoms with E-state index in [0.29, 0.717) is 19.5 Å². The van der Waals surface area contributed by atoms with Crippen LogP contribution in [0.15, 0.2) is 54.6 Å². The molecule has 0 unspecified atom stereocenters. The van der Waals surface area contributed by atoms with Gasteiger partial charge in [0.25, 0.3) is 5.91 Å². The smallest absolute Gasteiger partial charge is 0.254 e. The van der Waals surface area contributed by atoms with Gasteiger partial charge in [-0.25, -0.2) is 4.39 Å². The fraction of sp³-hybridized carbons (Fsp3) is 0.263. The fourth-order valence-corrected chi connectivity index (χ4v) is 2.92. The molecule has 2 aromatic carbocycles. The molecule has 1 aliphatic rings. The molecule has 1 saturated heterocycles. The van der Waals surface area contributed by atoms with Crippen LogP contribution in [0.5, 0.6) is 0 Å². The summed E-state index contributed by atoms with van der Waals surface area (Å²) in [5.74, 6) is -0.941. The number of halogens is 1. The molecule has 5 heteroatoms. The Hall–Kier alpha value is -2.69. The van der Waals surface area contributed by atoms with Crippen molar-refractivity contribution in [2.24, 2.45) is 0 Å². The zero-order chi connectivity index (χ0) is 16.9. The van der Waals surface area contributed by atoms with Crippen LogP contribution >= 0.6 is 0 Å². The lowest BCUT2D eigenvalue weighted by Gasteiger charge is -2.25. The lowest BCUT2D eigenvalue weighted by atomic mass is 10.1. The molecule has 0 bridgehead atoms. The highest BCUT2D eigenvalue weighted by Gasteiger charge is 2.26. The number of benzene rings is 2. The van der Waals surface area contributed by atoms with Crippen LogP contribution in [0.1, 0.15) is 34.8 Å². The van der Waals surface area contributed by atoms with Crippen LogP contribution in [-0.4, -0.2) is 29.8 Å². The Kier molecular flexibility index (Phi) is 4.89. The van der Waals surface area contributed by atoms with Gasteiger partial charge in [0.15, 0.2) is 0 Å². The molecule has 4 nitrogen and oxygen atoms in total. The standard InChI is InChI=1S/C19H19FN2O2/c20-16-10-5-4-9-15(16)19(24)21-17(14-7-2-1-3-8-14)13-22-12-6-11-18(22)23/h1-5,7-10,17H,6,11-13H2,(H,21,24)/t17-/m0/s1. The van der Waals surface area contributed by atoms with Crippen LogP contribution in [0.4, 0.5) is 4.39 Å². The molecule has 0 spiro atoms. The third kappa shape index (κ3) is 3.62. The van der Waals surface area contributed by atoms with Gasteiger partial charge in [-0.1, -0.05) is 42.5 Å². The first-order chi connectivity index (χ1) is 11.6. The topological polar surface area (TPSA) is 49.4 Å². The van der Waals surface area contributed by atoms with E-state index in [-0.39, 0.29) is 17.5 Å². The van der Waals surface area contributed by atoms with Crippen molar-refractivity contribution >= 4 is 11.8 Å². The number of nitrogens with zero attached hydrogens (tertiary/aromatic N) is 1. The average molecular weight is 326 g/mol. The van der Waals surface area contributed by atoms with Crippen LogP contribution in [0.25, 0.3) is 0 Å². The van der Waals surface area contributed by atoms with Crippen molar-refractivity contribution in [3.8, 4) is 0 Å².